The lowest BCUT2D eigenvalue weighted by Crippen LogP contribution is -2.39. The predicted molar refractivity (Wildman–Crippen MR) is 69.9 cm³/mol. The molecule has 2 atom stereocenters. The maximum atomic E-state index is 10.4. The van der Waals surface area contributed by atoms with Crippen molar-refractivity contribution >= 4 is 5.84 Å². The van der Waals surface area contributed by atoms with Gasteiger partial charge in [0.2, 0.25) is 5.88 Å². The fraction of sp³-hybridized carbons (Fsp3) is 0.500. The molecule has 0 aromatic rings. The molecule has 0 unspecified atom stereocenters. The Labute approximate surface area is 107 Å². The highest BCUT2D eigenvalue weighted by molar-refractivity contribution is 5.97. The van der Waals surface area contributed by atoms with Crippen molar-refractivity contribution < 1.29 is 9.84 Å². The van der Waals surface area contributed by atoms with Crippen LogP contribution in [0.4, 0.5) is 0 Å². The smallest absolute Gasteiger partial charge is 0.219 e. The molecule has 0 fully saturated rings. The van der Waals surface area contributed by atoms with Crippen LogP contribution in [0.2, 0.25) is 0 Å². The van der Waals surface area contributed by atoms with E-state index in [0.29, 0.717) is 12.4 Å². The summed E-state index contributed by atoms with van der Waals surface area (Å²) >= 11 is 0. The van der Waals surface area contributed by atoms with Gasteiger partial charge in [0.15, 0.2) is 0 Å². The molecule has 0 amide bonds. The van der Waals surface area contributed by atoms with Gasteiger partial charge in [-0.05, 0) is 38.0 Å². The van der Waals surface area contributed by atoms with Crippen molar-refractivity contribution in [3.05, 3.63) is 35.4 Å². The third-order valence-electron chi connectivity index (χ3n) is 3.94. The van der Waals surface area contributed by atoms with Crippen LogP contribution < -0.4 is 0 Å². The third kappa shape index (κ3) is 1.52. The minimum Gasteiger partial charge on any atom is -0.468 e. The van der Waals surface area contributed by atoms with Crippen LogP contribution in [0.5, 0.6) is 0 Å². The second kappa shape index (κ2) is 3.72. The molecule has 4 heteroatoms. The van der Waals surface area contributed by atoms with E-state index in [-0.39, 0.29) is 0 Å². The lowest BCUT2D eigenvalue weighted by molar-refractivity contribution is -0.0387. The van der Waals surface area contributed by atoms with Gasteiger partial charge in [0.1, 0.15) is 17.5 Å². The fourth-order valence-electron chi connectivity index (χ4n) is 2.48. The second-order valence-electron chi connectivity index (χ2n) is 5.30. The summed E-state index contributed by atoms with van der Waals surface area (Å²) in [6.45, 7) is 6.66. The SMILES string of the molecule is CC[C@]1(C)OC2=C(CN3C=CC(C)=CC3=N2)[C@H]1O. The Balaban J connectivity index is 1.97. The van der Waals surface area contributed by atoms with Crippen LogP contribution in [0.3, 0.4) is 0 Å². The Bertz CT molecular complexity index is 516. The molecular weight excluding hydrogens is 228 g/mol. The molecule has 0 aromatic heterocycles. The molecule has 3 rings (SSSR count). The number of aliphatic hydroxyl groups is 1. The first-order valence-corrected chi connectivity index (χ1v) is 6.35. The van der Waals surface area contributed by atoms with E-state index < -0.39 is 11.7 Å². The number of allylic oxidation sites excluding steroid dienone is 2. The zero-order valence-corrected chi connectivity index (χ0v) is 11.0. The normalized spacial score (nSPS) is 33.8. The molecule has 0 spiro atoms. The van der Waals surface area contributed by atoms with Crippen LogP contribution in [0, 0.1) is 0 Å². The molecule has 1 N–H and O–H groups in total. The molecule has 0 aliphatic carbocycles. The van der Waals surface area contributed by atoms with Gasteiger partial charge in [-0.1, -0.05) is 6.92 Å². The second-order valence-corrected chi connectivity index (χ2v) is 5.30. The minimum atomic E-state index is -0.566. The van der Waals surface area contributed by atoms with Gasteiger partial charge in [-0.15, -0.1) is 0 Å². The first kappa shape index (κ1) is 11.5. The zero-order valence-electron chi connectivity index (χ0n) is 11.0. The number of ether oxygens (including phenoxy) is 1. The van der Waals surface area contributed by atoms with E-state index in [2.05, 4.69) is 4.99 Å². The first-order valence-electron chi connectivity index (χ1n) is 6.35. The van der Waals surface area contributed by atoms with Gasteiger partial charge in [0, 0.05) is 11.8 Å². The third-order valence-corrected chi connectivity index (χ3v) is 3.94. The van der Waals surface area contributed by atoms with Gasteiger partial charge in [0.05, 0.1) is 6.54 Å². The van der Waals surface area contributed by atoms with Crippen LogP contribution in [0.15, 0.2) is 40.4 Å². The van der Waals surface area contributed by atoms with E-state index in [1.807, 2.05) is 44.0 Å². The average molecular weight is 246 g/mol. The summed E-state index contributed by atoms with van der Waals surface area (Å²) in [6, 6.07) is 0. The summed E-state index contributed by atoms with van der Waals surface area (Å²) < 4.78 is 5.86. The highest BCUT2D eigenvalue weighted by Gasteiger charge is 2.46. The van der Waals surface area contributed by atoms with E-state index in [0.717, 1.165) is 17.8 Å². The average Bonchev–Trinajstić information content (AvgIpc) is 2.60. The monoisotopic (exact) mass is 246 g/mol. The lowest BCUT2D eigenvalue weighted by Gasteiger charge is -2.28. The van der Waals surface area contributed by atoms with Gasteiger partial charge in [-0.2, -0.15) is 4.99 Å². The number of aliphatic imine (C=N–C) groups is 1. The topological polar surface area (TPSA) is 45.1 Å². The Kier molecular flexibility index (Phi) is 2.38. The van der Waals surface area contributed by atoms with Crippen LogP contribution in [0.25, 0.3) is 0 Å². The number of hydrogen-bond acceptors (Lipinski definition) is 4. The predicted octanol–water partition coefficient (Wildman–Crippen LogP) is 1.95. The van der Waals surface area contributed by atoms with Crippen molar-refractivity contribution in [1.29, 1.82) is 0 Å². The first-order chi connectivity index (χ1) is 8.53. The van der Waals surface area contributed by atoms with E-state index in [4.69, 9.17) is 4.74 Å². The molecule has 0 saturated carbocycles. The van der Waals surface area contributed by atoms with E-state index in [9.17, 15) is 5.11 Å². The lowest BCUT2D eigenvalue weighted by atomic mass is 9.92. The number of nitrogens with zero attached hydrogens (tertiary/aromatic N) is 2. The molecule has 0 aromatic carbocycles. The highest BCUT2D eigenvalue weighted by atomic mass is 16.5. The molecule has 0 bridgehead atoms. The van der Waals surface area contributed by atoms with Crippen LogP contribution >= 0.6 is 0 Å². The molecule has 96 valence electrons. The van der Waals surface area contributed by atoms with Crippen molar-refractivity contribution in [2.45, 2.75) is 38.9 Å². The molecule has 3 heterocycles. The Morgan fingerprint density at radius 3 is 3.11 bits per heavy atom. The maximum Gasteiger partial charge on any atom is 0.219 e. The van der Waals surface area contributed by atoms with Gasteiger partial charge in [0.25, 0.3) is 0 Å². The van der Waals surface area contributed by atoms with Crippen molar-refractivity contribution in [3.63, 3.8) is 0 Å². The Morgan fingerprint density at radius 2 is 2.39 bits per heavy atom. The van der Waals surface area contributed by atoms with Gasteiger partial charge in [-0.25, -0.2) is 0 Å². The molecule has 3 aliphatic rings. The highest BCUT2D eigenvalue weighted by Crippen LogP contribution is 2.39. The van der Waals surface area contributed by atoms with Gasteiger partial charge in [-0.3, -0.25) is 0 Å². The quantitative estimate of drug-likeness (QED) is 0.769. The fourth-order valence-corrected chi connectivity index (χ4v) is 2.48. The molecular formula is C14H18N2O2. The van der Waals surface area contributed by atoms with Crippen LogP contribution in [0.1, 0.15) is 27.2 Å². The van der Waals surface area contributed by atoms with E-state index in [1.165, 1.54) is 5.57 Å². The molecule has 0 saturated heterocycles. The standard InChI is InChI=1S/C14H18N2O2/c1-4-14(3)12(17)10-8-16-6-5-9(2)7-11(16)15-13(10)18-14/h5-7,12,17H,4,8H2,1-3H3/t12-,14+/m1/s1. The minimum absolute atomic E-state index is 0.536. The summed E-state index contributed by atoms with van der Waals surface area (Å²) in [5.74, 6) is 1.50. The molecule has 3 aliphatic heterocycles. The number of hydrogen-bond donors (Lipinski definition) is 1. The zero-order chi connectivity index (χ0) is 12.9. The van der Waals surface area contributed by atoms with Crippen LogP contribution in [-0.2, 0) is 4.74 Å². The summed E-state index contributed by atoms with van der Waals surface area (Å²) in [4.78, 5) is 6.56. The van der Waals surface area contributed by atoms with Crippen molar-refractivity contribution in [2.75, 3.05) is 6.54 Å². The Hall–Kier alpha value is -1.55. The summed E-state index contributed by atoms with van der Waals surface area (Å²) in [6.07, 6.45) is 6.28. The number of aliphatic hydroxyl groups excluding tert-OH is 1. The largest absolute Gasteiger partial charge is 0.468 e. The Morgan fingerprint density at radius 1 is 1.61 bits per heavy atom. The summed E-state index contributed by atoms with van der Waals surface area (Å²) in [5, 5.41) is 10.4. The van der Waals surface area contributed by atoms with E-state index in [1.54, 1.807) is 0 Å². The van der Waals surface area contributed by atoms with Gasteiger partial charge >= 0.3 is 0 Å². The summed E-state index contributed by atoms with van der Waals surface area (Å²) in [5.41, 5.74) is 1.53. The number of amidine groups is 1. The summed E-state index contributed by atoms with van der Waals surface area (Å²) in [7, 11) is 0. The maximum absolute atomic E-state index is 10.4. The van der Waals surface area contributed by atoms with Crippen molar-refractivity contribution in [3.8, 4) is 0 Å². The van der Waals surface area contributed by atoms with Crippen molar-refractivity contribution in [1.82, 2.24) is 4.90 Å². The van der Waals surface area contributed by atoms with Gasteiger partial charge < -0.3 is 14.7 Å². The number of fused-ring (bicyclic) bond motifs is 1. The molecule has 18 heavy (non-hydrogen) atoms. The molecule has 0 radical (unpaired) electrons. The number of rotatable bonds is 1. The van der Waals surface area contributed by atoms with E-state index >= 15 is 0 Å². The molecule has 4 nitrogen and oxygen atoms in total. The van der Waals surface area contributed by atoms with Crippen LogP contribution in [-0.4, -0.2) is 34.1 Å². The van der Waals surface area contributed by atoms with Crippen molar-refractivity contribution in [2.24, 2.45) is 4.99 Å².